The van der Waals surface area contributed by atoms with Crippen molar-refractivity contribution in [3.63, 3.8) is 0 Å². The van der Waals surface area contributed by atoms with Crippen LogP contribution in [-0.2, 0) is 4.79 Å². The van der Waals surface area contributed by atoms with Gasteiger partial charge < -0.3 is 5.73 Å². The molecule has 26 heavy (non-hydrogen) atoms. The van der Waals surface area contributed by atoms with Crippen LogP contribution in [0.1, 0.15) is 23.0 Å². The molecular weight excluding hydrogens is 330 g/mol. The number of amides is 2. The smallest absolute Gasteiger partial charge is 0.332 e. The van der Waals surface area contributed by atoms with Gasteiger partial charge in [0.2, 0.25) is 5.78 Å². The number of primary amides is 1. The molecule has 0 aliphatic carbocycles. The Morgan fingerprint density at radius 1 is 0.885 bits per heavy atom. The summed E-state index contributed by atoms with van der Waals surface area (Å²) >= 11 is 0. The number of rotatable bonds is 6. The van der Waals surface area contributed by atoms with E-state index in [4.69, 9.17) is 5.73 Å². The molecule has 7 nitrogen and oxygen atoms in total. The fraction of sp³-hybridized carbons (Fsp3) is 0.105. The standard InChI is InChI=1S/C19H15N5O2/c20-11-15(13-7-3-1-4-8-13)17(23-24-19(22)26)18(25)16(12-21)14-9-5-2-6-10-14/h1-10,15-16H,(H3,22,24,26). The Hall–Kier alpha value is -3.97. The molecule has 0 fully saturated rings. The minimum atomic E-state index is -1.16. The second-order valence-electron chi connectivity index (χ2n) is 5.28. The van der Waals surface area contributed by atoms with Crippen LogP contribution in [-0.4, -0.2) is 17.5 Å². The zero-order valence-electron chi connectivity index (χ0n) is 13.7. The number of nitrogens with one attached hydrogen (secondary N) is 1. The lowest BCUT2D eigenvalue weighted by molar-refractivity contribution is -0.113. The number of nitrogens with zero attached hydrogens (tertiary/aromatic N) is 3. The Labute approximate surface area is 150 Å². The van der Waals surface area contributed by atoms with Crippen LogP contribution in [0.3, 0.4) is 0 Å². The van der Waals surface area contributed by atoms with Gasteiger partial charge in [0.05, 0.1) is 12.1 Å². The van der Waals surface area contributed by atoms with Gasteiger partial charge in [0.1, 0.15) is 17.5 Å². The van der Waals surface area contributed by atoms with Crippen LogP contribution in [0.15, 0.2) is 65.8 Å². The van der Waals surface area contributed by atoms with Gasteiger partial charge in [-0.25, -0.2) is 10.2 Å². The minimum absolute atomic E-state index is 0.257. The third-order valence-corrected chi connectivity index (χ3v) is 3.60. The van der Waals surface area contributed by atoms with Gasteiger partial charge in [-0.2, -0.15) is 15.6 Å². The highest BCUT2D eigenvalue weighted by atomic mass is 16.2. The molecule has 2 aromatic rings. The summed E-state index contributed by atoms with van der Waals surface area (Å²) in [4.78, 5) is 24.0. The minimum Gasteiger partial charge on any atom is -0.350 e. The number of benzene rings is 2. The fourth-order valence-corrected chi connectivity index (χ4v) is 2.39. The highest BCUT2D eigenvalue weighted by molar-refractivity contribution is 6.44. The van der Waals surface area contributed by atoms with Crippen molar-refractivity contribution >= 4 is 17.5 Å². The lowest BCUT2D eigenvalue weighted by Crippen LogP contribution is -2.32. The molecular formula is C19H15N5O2. The molecule has 0 heterocycles. The number of hydrogen-bond acceptors (Lipinski definition) is 5. The van der Waals surface area contributed by atoms with Crippen molar-refractivity contribution in [3.8, 4) is 12.1 Å². The van der Waals surface area contributed by atoms with Crippen LogP contribution >= 0.6 is 0 Å². The van der Waals surface area contributed by atoms with Crippen LogP contribution in [0.25, 0.3) is 0 Å². The molecule has 2 unspecified atom stereocenters. The SMILES string of the molecule is N#CC(C(=O)C(=NNC(N)=O)C(C#N)c1ccccc1)c1ccccc1. The number of nitrogens with two attached hydrogens (primary N) is 1. The first kappa shape index (κ1) is 18.4. The first-order valence-electron chi connectivity index (χ1n) is 7.64. The molecule has 2 atom stereocenters. The Kier molecular flexibility index (Phi) is 6.19. The molecule has 0 aliphatic rings. The van der Waals surface area contributed by atoms with Crippen molar-refractivity contribution < 1.29 is 9.59 Å². The topological polar surface area (TPSA) is 132 Å². The number of carbonyl (C=O) groups excluding carboxylic acids is 2. The van der Waals surface area contributed by atoms with Crippen LogP contribution in [0.2, 0.25) is 0 Å². The summed E-state index contributed by atoms with van der Waals surface area (Å²) in [5, 5.41) is 22.8. The number of Topliss-reactive ketones (excluding diaryl/α,β-unsaturated/α-hetero) is 1. The van der Waals surface area contributed by atoms with E-state index >= 15 is 0 Å². The predicted octanol–water partition coefficient (Wildman–Crippen LogP) is 2.19. The summed E-state index contributed by atoms with van der Waals surface area (Å²) in [7, 11) is 0. The van der Waals surface area contributed by atoms with Gasteiger partial charge in [-0.3, -0.25) is 4.79 Å². The Balaban J connectivity index is 2.49. The summed E-state index contributed by atoms with van der Waals surface area (Å²) in [5.41, 5.74) is 7.74. The average molecular weight is 345 g/mol. The fourth-order valence-electron chi connectivity index (χ4n) is 2.39. The summed E-state index contributed by atoms with van der Waals surface area (Å²) in [6.07, 6.45) is 0. The van der Waals surface area contributed by atoms with Crippen molar-refractivity contribution in [1.82, 2.24) is 5.43 Å². The summed E-state index contributed by atoms with van der Waals surface area (Å²) < 4.78 is 0. The first-order valence-corrected chi connectivity index (χ1v) is 7.64. The summed E-state index contributed by atoms with van der Waals surface area (Å²) in [5.74, 6) is -2.90. The third kappa shape index (κ3) is 4.31. The maximum atomic E-state index is 13.0. The van der Waals surface area contributed by atoms with Crippen LogP contribution < -0.4 is 11.2 Å². The van der Waals surface area contributed by atoms with E-state index in [-0.39, 0.29) is 5.71 Å². The van der Waals surface area contributed by atoms with E-state index < -0.39 is 23.7 Å². The number of hydrogen-bond donors (Lipinski definition) is 2. The second kappa shape index (κ2) is 8.76. The quantitative estimate of drug-likeness (QED) is 0.613. The summed E-state index contributed by atoms with van der Waals surface area (Å²) in [6, 6.07) is 19.9. The second-order valence-corrected chi connectivity index (χ2v) is 5.28. The Bertz CT molecular complexity index is 895. The Morgan fingerprint density at radius 2 is 1.35 bits per heavy atom. The molecule has 3 N–H and O–H groups in total. The number of urea groups is 1. The molecule has 0 saturated carbocycles. The van der Waals surface area contributed by atoms with Gasteiger partial charge in [-0.15, -0.1) is 0 Å². The highest BCUT2D eigenvalue weighted by Crippen LogP contribution is 2.23. The van der Waals surface area contributed by atoms with E-state index in [0.29, 0.717) is 11.1 Å². The molecule has 0 bridgehead atoms. The van der Waals surface area contributed by atoms with Crippen LogP contribution in [0, 0.1) is 22.7 Å². The lowest BCUT2D eigenvalue weighted by Gasteiger charge is -2.15. The van der Waals surface area contributed by atoms with E-state index in [0.717, 1.165) is 0 Å². The van der Waals surface area contributed by atoms with Crippen molar-refractivity contribution in [2.75, 3.05) is 0 Å². The maximum absolute atomic E-state index is 13.0. The van der Waals surface area contributed by atoms with Crippen molar-refractivity contribution in [2.45, 2.75) is 11.8 Å². The molecule has 0 saturated heterocycles. The zero-order valence-corrected chi connectivity index (χ0v) is 13.7. The normalized spacial score (nSPS) is 12.9. The first-order chi connectivity index (χ1) is 12.6. The van der Waals surface area contributed by atoms with E-state index in [2.05, 4.69) is 5.10 Å². The predicted molar refractivity (Wildman–Crippen MR) is 94.8 cm³/mol. The lowest BCUT2D eigenvalue weighted by atomic mass is 9.86. The number of carbonyl (C=O) groups is 2. The average Bonchev–Trinajstić information content (AvgIpc) is 2.67. The van der Waals surface area contributed by atoms with Gasteiger partial charge >= 0.3 is 6.03 Å². The van der Waals surface area contributed by atoms with E-state index in [1.165, 1.54) is 0 Å². The van der Waals surface area contributed by atoms with Crippen molar-refractivity contribution in [2.24, 2.45) is 10.8 Å². The molecule has 2 rings (SSSR count). The van der Waals surface area contributed by atoms with Crippen LogP contribution in [0.5, 0.6) is 0 Å². The highest BCUT2D eigenvalue weighted by Gasteiger charge is 2.31. The molecule has 0 aromatic heterocycles. The molecule has 0 aliphatic heterocycles. The van der Waals surface area contributed by atoms with Crippen molar-refractivity contribution in [1.29, 1.82) is 10.5 Å². The molecule has 128 valence electrons. The van der Waals surface area contributed by atoms with E-state index in [1.807, 2.05) is 17.6 Å². The van der Waals surface area contributed by atoms with Gasteiger partial charge in [0.25, 0.3) is 0 Å². The Morgan fingerprint density at radius 3 is 1.77 bits per heavy atom. The van der Waals surface area contributed by atoms with Gasteiger partial charge in [0, 0.05) is 0 Å². The maximum Gasteiger partial charge on any atom is 0.332 e. The molecule has 0 radical (unpaired) electrons. The van der Waals surface area contributed by atoms with E-state index in [9.17, 15) is 20.1 Å². The molecule has 0 spiro atoms. The van der Waals surface area contributed by atoms with Gasteiger partial charge in [-0.1, -0.05) is 60.7 Å². The summed E-state index contributed by atoms with van der Waals surface area (Å²) in [6.45, 7) is 0. The van der Waals surface area contributed by atoms with Gasteiger partial charge in [0.15, 0.2) is 0 Å². The van der Waals surface area contributed by atoms with Gasteiger partial charge in [-0.05, 0) is 11.1 Å². The monoisotopic (exact) mass is 345 g/mol. The van der Waals surface area contributed by atoms with Crippen LogP contribution in [0.4, 0.5) is 4.79 Å². The number of nitriles is 2. The molecule has 2 aromatic carbocycles. The number of ketones is 1. The largest absolute Gasteiger partial charge is 0.350 e. The zero-order chi connectivity index (χ0) is 18.9. The van der Waals surface area contributed by atoms with E-state index in [1.54, 1.807) is 60.7 Å². The van der Waals surface area contributed by atoms with Crippen molar-refractivity contribution in [3.05, 3.63) is 71.8 Å². The third-order valence-electron chi connectivity index (χ3n) is 3.60. The number of hydrazone groups is 1. The molecule has 7 heteroatoms. The molecule has 2 amide bonds.